The van der Waals surface area contributed by atoms with Crippen LogP contribution in [-0.4, -0.2) is 52.3 Å². The van der Waals surface area contributed by atoms with E-state index < -0.39 is 76.7 Å². The maximum absolute atomic E-state index is 13.9. The predicted octanol–water partition coefficient (Wildman–Crippen LogP) is 4.10. The van der Waals surface area contributed by atoms with Crippen LogP contribution in [0.5, 0.6) is 0 Å². The van der Waals surface area contributed by atoms with Crippen LogP contribution in [0.2, 0.25) is 0 Å². The van der Waals surface area contributed by atoms with E-state index in [9.17, 15) is 28.0 Å². The number of hydrogen-bond donors (Lipinski definition) is 0. The van der Waals surface area contributed by atoms with Gasteiger partial charge in [0, 0.05) is 18.0 Å². The normalized spacial score (nSPS) is 23.8. The number of nitrogens with zero attached hydrogens (tertiary/aromatic N) is 1. The second kappa shape index (κ2) is 8.74. The summed E-state index contributed by atoms with van der Waals surface area (Å²) in [5, 5.41) is 0. The highest BCUT2D eigenvalue weighted by Gasteiger charge is 2.68. The van der Waals surface area contributed by atoms with Gasteiger partial charge >= 0.3 is 12.1 Å². The lowest BCUT2D eigenvalue weighted by molar-refractivity contribution is -0.156. The molecule has 1 saturated carbocycles. The Balaban J connectivity index is 1.81. The summed E-state index contributed by atoms with van der Waals surface area (Å²) >= 11 is 0. The molecule has 3 rings (SSSR count). The molecule has 1 amide bonds. The summed E-state index contributed by atoms with van der Waals surface area (Å²) in [4.78, 5) is 51.7. The van der Waals surface area contributed by atoms with Gasteiger partial charge in [-0.25, -0.2) is 13.6 Å². The van der Waals surface area contributed by atoms with Gasteiger partial charge < -0.3 is 9.47 Å². The smallest absolute Gasteiger partial charge is 0.410 e. The van der Waals surface area contributed by atoms with Gasteiger partial charge in [-0.3, -0.25) is 19.3 Å². The van der Waals surface area contributed by atoms with E-state index in [0.717, 1.165) is 6.07 Å². The molecule has 0 spiro atoms. The number of halogens is 2. The molecule has 186 valence electrons. The van der Waals surface area contributed by atoms with E-state index in [1.54, 1.807) is 41.5 Å². The molecule has 1 aliphatic heterocycles. The molecule has 2 aliphatic rings. The van der Waals surface area contributed by atoms with Crippen LogP contribution < -0.4 is 0 Å². The molecule has 7 nitrogen and oxygen atoms in total. The van der Waals surface area contributed by atoms with Crippen molar-refractivity contribution < 1.29 is 37.4 Å². The first-order valence-corrected chi connectivity index (χ1v) is 11.2. The van der Waals surface area contributed by atoms with Gasteiger partial charge in [0.15, 0.2) is 11.6 Å². The van der Waals surface area contributed by atoms with Crippen LogP contribution in [0.4, 0.5) is 13.6 Å². The minimum atomic E-state index is -0.997. The first-order valence-electron chi connectivity index (χ1n) is 11.2. The second-order valence-electron chi connectivity index (χ2n) is 11.1. The molecular formula is C25H31F2NO6. The van der Waals surface area contributed by atoms with Gasteiger partial charge in [0.05, 0.1) is 12.5 Å². The summed E-state index contributed by atoms with van der Waals surface area (Å²) in [6.07, 6.45) is -1.43. The highest BCUT2D eigenvalue weighted by molar-refractivity contribution is 6.08. The fraction of sp³-hybridized carbons (Fsp3) is 0.600. The highest BCUT2D eigenvalue weighted by Crippen LogP contribution is 2.62. The number of amides is 1. The molecule has 1 saturated heterocycles. The average molecular weight is 480 g/mol. The van der Waals surface area contributed by atoms with Gasteiger partial charge in [0.1, 0.15) is 29.3 Å². The predicted molar refractivity (Wildman–Crippen MR) is 118 cm³/mol. The van der Waals surface area contributed by atoms with Crippen molar-refractivity contribution in [1.29, 1.82) is 0 Å². The number of Topliss-reactive ketones (excluding diaryl/α,β-unsaturated/α-hetero) is 2. The molecule has 0 bridgehead atoms. The number of piperidine rings is 1. The number of carbonyl (C=O) groups is 4. The van der Waals surface area contributed by atoms with E-state index in [1.165, 1.54) is 17.0 Å². The van der Waals surface area contributed by atoms with Crippen molar-refractivity contribution in [3.05, 3.63) is 35.4 Å². The third-order valence-electron chi connectivity index (χ3n) is 5.83. The molecular weight excluding hydrogens is 448 g/mol. The van der Waals surface area contributed by atoms with Crippen LogP contribution in [0, 0.1) is 17.6 Å². The number of esters is 1. The van der Waals surface area contributed by atoms with Crippen molar-refractivity contribution in [2.75, 3.05) is 6.54 Å². The van der Waals surface area contributed by atoms with Gasteiger partial charge in [0.25, 0.3) is 0 Å². The number of fused-ring (bicyclic) bond motifs is 1. The average Bonchev–Trinajstić information content (AvgIpc) is 3.22. The maximum Gasteiger partial charge on any atom is 0.410 e. The van der Waals surface area contributed by atoms with Crippen molar-refractivity contribution >= 4 is 23.6 Å². The molecule has 3 atom stereocenters. The first-order chi connectivity index (χ1) is 15.5. The molecule has 34 heavy (non-hydrogen) atoms. The molecule has 0 aromatic heterocycles. The minimum Gasteiger partial charge on any atom is -0.460 e. The van der Waals surface area contributed by atoms with Crippen molar-refractivity contribution in [2.45, 2.75) is 83.5 Å². The number of ether oxygens (including phenoxy) is 2. The Morgan fingerprint density at radius 3 is 2.03 bits per heavy atom. The van der Waals surface area contributed by atoms with E-state index in [2.05, 4.69) is 0 Å². The number of benzene rings is 1. The van der Waals surface area contributed by atoms with Crippen molar-refractivity contribution in [2.24, 2.45) is 5.92 Å². The molecule has 1 aliphatic carbocycles. The fourth-order valence-corrected chi connectivity index (χ4v) is 4.61. The minimum absolute atomic E-state index is 0.0339. The van der Waals surface area contributed by atoms with Gasteiger partial charge in [-0.15, -0.1) is 0 Å². The third-order valence-corrected chi connectivity index (χ3v) is 5.83. The summed E-state index contributed by atoms with van der Waals surface area (Å²) in [6, 6.07) is 2.17. The van der Waals surface area contributed by atoms with Crippen molar-refractivity contribution in [1.82, 2.24) is 4.90 Å². The Kier molecular flexibility index (Phi) is 6.63. The topological polar surface area (TPSA) is 90.0 Å². The number of carbonyl (C=O) groups excluding carboxylic acids is 4. The van der Waals surface area contributed by atoms with Crippen LogP contribution in [0.25, 0.3) is 0 Å². The Morgan fingerprint density at radius 1 is 0.941 bits per heavy atom. The summed E-state index contributed by atoms with van der Waals surface area (Å²) in [5.74, 6) is -3.82. The molecule has 9 heteroatoms. The van der Waals surface area contributed by atoms with Gasteiger partial charge in [-0.1, -0.05) is 0 Å². The molecule has 1 unspecified atom stereocenters. The van der Waals surface area contributed by atoms with Crippen molar-refractivity contribution in [3.8, 4) is 0 Å². The second-order valence-corrected chi connectivity index (χ2v) is 11.1. The molecule has 0 N–H and O–H groups in total. The Morgan fingerprint density at radius 2 is 1.50 bits per heavy atom. The zero-order valence-electron chi connectivity index (χ0n) is 20.4. The van der Waals surface area contributed by atoms with Crippen LogP contribution in [0.1, 0.15) is 66.4 Å². The van der Waals surface area contributed by atoms with Crippen LogP contribution >= 0.6 is 0 Å². The fourth-order valence-electron chi connectivity index (χ4n) is 4.61. The lowest BCUT2D eigenvalue weighted by atomic mass is 9.93. The molecule has 1 aromatic carbocycles. The van der Waals surface area contributed by atoms with Crippen LogP contribution in [-0.2, 0) is 29.3 Å². The number of rotatable bonds is 6. The largest absolute Gasteiger partial charge is 0.460 e. The monoisotopic (exact) mass is 479 g/mol. The maximum atomic E-state index is 13.9. The van der Waals surface area contributed by atoms with Crippen LogP contribution in [0.15, 0.2) is 18.2 Å². The zero-order chi connectivity index (χ0) is 25.6. The molecule has 1 aromatic rings. The SMILES string of the molecule is CC(C)(C)OC(=O)CC(=O)CC(=O)C1[C@@H]2C[C@]2(c2cc(F)cc(F)c2)CN1C(=O)OC(C)(C)C. The van der Waals surface area contributed by atoms with E-state index >= 15 is 0 Å². The van der Waals surface area contributed by atoms with Gasteiger partial charge in [-0.2, -0.15) is 0 Å². The van der Waals surface area contributed by atoms with E-state index in [1.807, 2.05) is 0 Å². The summed E-state index contributed by atoms with van der Waals surface area (Å²) in [7, 11) is 0. The highest BCUT2D eigenvalue weighted by atomic mass is 19.1. The Hall–Kier alpha value is -2.84. The lowest BCUT2D eigenvalue weighted by Crippen LogP contribution is -2.46. The van der Waals surface area contributed by atoms with Crippen LogP contribution in [0.3, 0.4) is 0 Å². The first kappa shape index (κ1) is 25.8. The Bertz CT molecular complexity index is 1000. The molecule has 0 radical (unpaired) electrons. The summed E-state index contributed by atoms with van der Waals surface area (Å²) in [5.41, 5.74) is -2.04. The lowest BCUT2D eigenvalue weighted by Gasteiger charge is -2.30. The zero-order valence-corrected chi connectivity index (χ0v) is 20.4. The number of hydrogen-bond acceptors (Lipinski definition) is 6. The Labute approximate surface area is 197 Å². The van der Waals surface area contributed by atoms with Gasteiger partial charge in [0.2, 0.25) is 0 Å². The van der Waals surface area contributed by atoms with E-state index in [-0.39, 0.29) is 6.54 Å². The third kappa shape index (κ3) is 5.80. The van der Waals surface area contributed by atoms with E-state index in [4.69, 9.17) is 9.47 Å². The van der Waals surface area contributed by atoms with E-state index in [0.29, 0.717) is 12.0 Å². The summed E-state index contributed by atoms with van der Waals surface area (Å²) in [6.45, 7) is 10.1. The quantitative estimate of drug-likeness (QED) is 0.451. The number of ketones is 2. The number of likely N-dealkylation sites (tertiary alicyclic amines) is 1. The molecule has 2 fully saturated rings. The van der Waals surface area contributed by atoms with Crippen molar-refractivity contribution in [3.63, 3.8) is 0 Å². The van der Waals surface area contributed by atoms with Gasteiger partial charge in [-0.05, 0) is 71.6 Å². The summed E-state index contributed by atoms with van der Waals surface area (Å²) < 4.78 is 38.4. The standard InChI is InChI=1S/C25H31F2NO6/c1-23(2,3)33-20(31)11-17(29)10-19(30)21-18-12-25(18,14-7-15(26)9-16(27)8-14)13-28(21)22(32)34-24(4,5)6/h7-9,18,21H,10-13H2,1-6H3/t18-,21?,25+/m0/s1. The molecule has 1 heterocycles.